The first-order valence-corrected chi connectivity index (χ1v) is 7.98. The number of nitrogens with zero attached hydrogens (tertiary/aromatic N) is 2. The molecule has 5 heteroatoms. The molecule has 19 heavy (non-hydrogen) atoms. The van der Waals surface area contributed by atoms with Crippen LogP contribution in [-0.2, 0) is 0 Å². The van der Waals surface area contributed by atoms with Crippen molar-refractivity contribution in [2.45, 2.75) is 30.9 Å². The lowest BCUT2D eigenvalue weighted by molar-refractivity contribution is 0.468. The van der Waals surface area contributed by atoms with Gasteiger partial charge in [-0.3, -0.25) is 0 Å². The summed E-state index contributed by atoms with van der Waals surface area (Å²) in [5.41, 5.74) is 1.77. The number of para-hydroxylation sites is 2. The van der Waals surface area contributed by atoms with E-state index < -0.39 is 0 Å². The van der Waals surface area contributed by atoms with Crippen molar-refractivity contribution in [2.24, 2.45) is 0 Å². The zero-order valence-corrected chi connectivity index (χ0v) is 12.3. The van der Waals surface area contributed by atoms with E-state index in [0.717, 1.165) is 40.2 Å². The van der Waals surface area contributed by atoms with Gasteiger partial charge in [-0.1, -0.05) is 30.8 Å². The number of thioether (sulfide) groups is 1. The van der Waals surface area contributed by atoms with Crippen LogP contribution in [0.4, 0.5) is 0 Å². The number of rotatable bonds is 3. The van der Waals surface area contributed by atoms with Gasteiger partial charge in [0.1, 0.15) is 5.52 Å². The van der Waals surface area contributed by atoms with Crippen LogP contribution in [0.3, 0.4) is 0 Å². The average molecular weight is 292 g/mol. The predicted molar refractivity (Wildman–Crippen MR) is 82.5 cm³/mol. The number of hydrogen-bond acceptors (Lipinski definition) is 4. The van der Waals surface area contributed by atoms with Crippen LogP contribution in [0, 0.1) is 0 Å². The van der Waals surface area contributed by atoms with Crippen molar-refractivity contribution in [1.29, 1.82) is 0 Å². The third-order valence-corrected chi connectivity index (χ3v) is 4.61. The molecule has 100 valence electrons. The zero-order chi connectivity index (χ0) is 13.1. The predicted octanol–water partition coefficient (Wildman–Crippen LogP) is 4.08. The van der Waals surface area contributed by atoms with Crippen LogP contribution < -0.4 is 0 Å². The molecule has 1 fully saturated rings. The zero-order valence-electron chi connectivity index (χ0n) is 10.7. The fourth-order valence-corrected chi connectivity index (χ4v) is 3.47. The highest BCUT2D eigenvalue weighted by molar-refractivity contribution is 7.99. The van der Waals surface area contributed by atoms with Crippen molar-refractivity contribution in [3.8, 4) is 0 Å². The lowest BCUT2D eigenvalue weighted by Crippen LogP contribution is -2.28. The molecule has 0 N–H and O–H groups in total. The summed E-state index contributed by atoms with van der Waals surface area (Å²) in [6, 6.07) is 7.86. The maximum Gasteiger partial charge on any atom is 0.258 e. The van der Waals surface area contributed by atoms with Gasteiger partial charge in [-0.05, 0) is 43.2 Å². The lowest BCUT2D eigenvalue weighted by atomic mass is 10.2. The summed E-state index contributed by atoms with van der Waals surface area (Å²) in [6.45, 7) is 1.06. The number of fused-ring (bicyclic) bond motifs is 1. The minimum Gasteiger partial charge on any atom is -0.431 e. The number of likely N-dealkylation sites (tertiary alicyclic amines) is 1. The molecule has 1 aliphatic rings. The van der Waals surface area contributed by atoms with E-state index in [2.05, 4.69) is 9.88 Å². The minimum absolute atomic E-state index is 0.730. The van der Waals surface area contributed by atoms with E-state index in [0.29, 0.717) is 0 Å². The summed E-state index contributed by atoms with van der Waals surface area (Å²) < 4.78 is 5.71. The largest absolute Gasteiger partial charge is 0.431 e. The monoisotopic (exact) mass is 292 g/mol. The summed E-state index contributed by atoms with van der Waals surface area (Å²) in [5.74, 6) is 0.839. The fraction of sp³-hybridized carbons (Fsp3) is 0.429. The molecule has 0 spiro atoms. The molecule has 3 rings (SSSR count). The molecule has 0 unspecified atom stereocenters. The van der Waals surface area contributed by atoms with Crippen molar-refractivity contribution in [2.75, 3.05) is 12.4 Å². The van der Waals surface area contributed by atoms with Crippen LogP contribution in [0.15, 0.2) is 33.9 Å². The normalized spacial score (nSPS) is 16.8. The third-order valence-electron chi connectivity index (χ3n) is 3.29. The van der Waals surface area contributed by atoms with Gasteiger partial charge >= 0.3 is 0 Å². The Balaban J connectivity index is 1.66. The highest BCUT2D eigenvalue weighted by atomic mass is 32.2. The van der Waals surface area contributed by atoms with Crippen molar-refractivity contribution in [1.82, 2.24) is 9.88 Å². The highest BCUT2D eigenvalue weighted by Gasteiger charge is 2.14. The van der Waals surface area contributed by atoms with Crippen molar-refractivity contribution in [3.05, 3.63) is 24.3 Å². The summed E-state index contributed by atoms with van der Waals surface area (Å²) in [7, 11) is 0. The molecular formula is C14H16N2OS2. The quantitative estimate of drug-likeness (QED) is 0.628. The van der Waals surface area contributed by atoms with Crippen LogP contribution >= 0.6 is 24.0 Å². The Morgan fingerprint density at radius 3 is 3.05 bits per heavy atom. The van der Waals surface area contributed by atoms with Crippen LogP contribution in [0.5, 0.6) is 0 Å². The molecular weight excluding hydrogens is 276 g/mol. The van der Waals surface area contributed by atoms with Gasteiger partial charge in [-0.2, -0.15) is 0 Å². The standard InChI is InChI=1S/C14H16N2OS2/c18-13-8-2-1-5-9-16(13)10-19-14-15-11-6-3-4-7-12(11)17-14/h3-4,6-7H,1-2,5,8-10H2. The van der Waals surface area contributed by atoms with E-state index in [1.165, 1.54) is 19.3 Å². The smallest absolute Gasteiger partial charge is 0.258 e. The topological polar surface area (TPSA) is 29.3 Å². The summed E-state index contributed by atoms with van der Waals surface area (Å²) in [4.78, 5) is 7.84. The number of thiocarbonyl (C=S) groups is 1. The first-order chi connectivity index (χ1) is 9.33. The molecule has 0 aliphatic carbocycles. The van der Waals surface area contributed by atoms with Crippen molar-refractivity contribution >= 4 is 40.1 Å². The Morgan fingerprint density at radius 2 is 2.16 bits per heavy atom. The highest BCUT2D eigenvalue weighted by Crippen LogP contribution is 2.25. The van der Waals surface area contributed by atoms with Gasteiger partial charge in [-0.15, -0.1) is 0 Å². The molecule has 0 radical (unpaired) electrons. The minimum atomic E-state index is 0.730. The second-order valence-corrected chi connectivity index (χ2v) is 6.06. The van der Waals surface area contributed by atoms with E-state index in [9.17, 15) is 0 Å². The van der Waals surface area contributed by atoms with E-state index in [4.69, 9.17) is 16.6 Å². The Labute approximate surface area is 122 Å². The van der Waals surface area contributed by atoms with E-state index in [1.54, 1.807) is 11.8 Å². The maximum atomic E-state index is 5.71. The average Bonchev–Trinajstić information content (AvgIpc) is 2.73. The van der Waals surface area contributed by atoms with Gasteiger partial charge in [0.05, 0.1) is 10.9 Å². The van der Waals surface area contributed by atoms with E-state index in [1.807, 2.05) is 24.3 Å². The first kappa shape index (κ1) is 12.9. The molecule has 2 heterocycles. The van der Waals surface area contributed by atoms with Gasteiger partial charge in [0.2, 0.25) is 0 Å². The van der Waals surface area contributed by atoms with Gasteiger partial charge in [0.15, 0.2) is 5.58 Å². The number of benzene rings is 1. The van der Waals surface area contributed by atoms with Crippen molar-refractivity contribution in [3.63, 3.8) is 0 Å². The van der Waals surface area contributed by atoms with Gasteiger partial charge in [0, 0.05) is 6.54 Å². The Hall–Kier alpha value is -1.07. The van der Waals surface area contributed by atoms with E-state index in [-0.39, 0.29) is 0 Å². The van der Waals surface area contributed by atoms with Gasteiger partial charge in [-0.25, -0.2) is 4.98 Å². The molecule has 1 aliphatic heterocycles. The van der Waals surface area contributed by atoms with Crippen LogP contribution in [0.1, 0.15) is 25.7 Å². The summed E-state index contributed by atoms with van der Waals surface area (Å²) in [5, 5.41) is 0.730. The van der Waals surface area contributed by atoms with Crippen LogP contribution in [-0.4, -0.2) is 27.3 Å². The van der Waals surface area contributed by atoms with E-state index >= 15 is 0 Å². The molecule has 1 saturated heterocycles. The summed E-state index contributed by atoms with van der Waals surface area (Å²) in [6.07, 6.45) is 4.78. The number of oxazole rings is 1. The SMILES string of the molecule is S=C1CCCCCN1CSc1nc2ccccc2o1. The maximum absolute atomic E-state index is 5.71. The molecule has 1 aromatic carbocycles. The molecule has 0 saturated carbocycles. The third kappa shape index (κ3) is 3.09. The molecule has 2 aromatic rings. The van der Waals surface area contributed by atoms with Gasteiger partial charge < -0.3 is 9.32 Å². The van der Waals surface area contributed by atoms with Crippen molar-refractivity contribution < 1.29 is 4.42 Å². The Kier molecular flexibility index (Phi) is 4.03. The van der Waals surface area contributed by atoms with Crippen LogP contribution in [0.25, 0.3) is 11.1 Å². The molecule has 0 atom stereocenters. The molecule has 3 nitrogen and oxygen atoms in total. The first-order valence-electron chi connectivity index (χ1n) is 6.59. The summed E-state index contributed by atoms with van der Waals surface area (Å²) >= 11 is 7.08. The van der Waals surface area contributed by atoms with Gasteiger partial charge in [0.25, 0.3) is 5.22 Å². The molecule has 1 aromatic heterocycles. The fourth-order valence-electron chi connectivity index (χ4n) is 2.22. The second-order valence-electron chi connectivity index (χ2n) is 4.69. The Bertz CT molecular complexity index is 549. The second kappa shape index (κ2) is 5.92. The Morgan fingerprint density at radius 1 is 1.26 bits per heavy atom. The lowest BCUT2D eigenvalue weighted by Gasteiger charge is -2.21. The number of hydrogen-bond donors (Lipinski definition) is 0. The molecule has 0 bridgehead atoms. The van der Waals surface area contributed by atoms with Crippen LogP contribution in [0.2, 0.25) is 0 Å². The number of aromatic nitrogens is 1. The molecule has 0 amide bonds.